The SMILES string of the molecule is CCC(Oc1ccc2ccccc2c1)C(=O)NCC1CCCO1. The van der Waals surface area contributed by atoms with Crippen LogP contribution in [0.5, 0.6) is 5.75 Å². The van der Waals surface area contributed by atoms with Crippen molar-refractivity contribution in [2.75, 3.05) is 13.2 Å². The van der Waals surface area contributed by atoms with E-state index in [9.17, 15) is 4.79 Å². The van der Waals surface area contributed by atoms with E-state index < -0.39 is 6.10 Å². The molecule has 1 saturated heterocycles. The first kappa shape index (κ1) is 15.8. The highest BCUT2D eigenvalue weighted by Crippen LogP contribution is 2.22. The van der Waals surface area contributed by atoms with Crippen LogP contribution in [0.25, 0.3) is 10.8 Å². The molecule has 1 aliphatic heterocycles. The summed E-state index contributed by atoms with van der Waals surface area (Å²) in [7, 11) is 0. The molecular weight excluding hydrogens is 290 g/mol. The fraction of sp³-hybridized carbons (Fsp3) is 0.421. The van der Waals surface area contributed by atoms with Crippen LogP contribution in [0.2, 0.25) is 0 Å². The Labute approximate surface area is 136 Å². The number of rotatable bonds is 6. The molecule has 0 spiro atoms. The van der Waals surface area contributed by atoms with Gasteiger partial charge in [0.2, 0.25) is 0 Å². The second kappa shape index (κ2) is 7.47. The van der Waals surface area contributed by atoms with Crippen molar-refractivity contribution < 1.29 is 14.3 Å². The Morgan fingerprint density at radius 1 is 1.30 bits per heavy atom. The number of carbonyl (C=O) groups is 1. The molecule has 4 nitrogen and oxygen atoms in total. The average molecular weight is 313 g/mol. The minimum atomic E-state index is -0.474. The summed E-state index contributed by atoms with van der Waals surface area (Å²) < 4.78 is 11.4. The van der Waals surface area contributed by atoms with Crippen molar-refractivity contribution in [1.82, 2.24) is 5.32 Å². The maximum absolute atomic E-state index is 12.3. The number of amides is 1. The lowest BCUT2D eigenvalue weighted by atomic mass is 10.1. The lowest BCUT2D eigenvalue weighted by Gasteiger charge is -2.19. The van der Waals surface area contributed by atoms with Gasteiger partial charge in [0.1, 0.15) is 5.75 Å². The van der Waals surface area contributed by atoms with Crippen molar-refractivity contribution in [1.29, 1.82) is 0 Å². The molecule has 0 saturated carbocycles. The zero-order valence-electron chi connectivity index (χ0n) is 13.5. The summed E-state index contributed by atoms with van der Waals surface area (Å²) in [5, 5.41) is 5.22. The third-order valence-corrected chi connectivity index (χ3v) is 4.19. The molecule has 1 aliphatic rings. The molecule has 2 unspecified atom stereocenters. The lowest BCUT2D eigenvalue weighted by Crippen LogP contribution is -2.41. The van der Waals surface area contributed by atoms with Gasteiger partial charge >= 0.3 is 0 Å². The van der Waals surface area contributed by atoms with E-state index in [1.54, 1.807) is 0 Å². The van der Waals surface area contributed by atoms with Gasteiger partial charge in [-0.25, -0.2) is 0 Å². The van der Waals surface area contributed by atoms with Crippen molar-refractivity contribution in [2.24, 2.45) is 0 Å². The fourth-order valence-corrected chi connectivity index (χ4v) is 2.86. The number of benzene rings is 2. The van der Waals surface area contributed by atoms with E-state index in [2.05, 4.69) is 11.4 Å². The molecule has 2 aromatic carbocycles. The summed E-state index contributed by atoms with van der Waals surface area (Å²) in [6.45, 7) is 3.32. The summed E-state index contributed by atoms with van der Waals surface area (Å²) in [4.78, 5) is 12.3. The molecule has 3 rings (SSSR count). The topological polar surface area (TPSA) is 47.6 Å². The maximum Gasteiger partial charge on any atom is 0.261 e. The Morgan fingerprint density at radius 3 is 2.87 bits per heavy atom. The van der Waals surface area contributed by atoms with Gasteiger partial charge in [0.25, 0.3) is 5.91 Å². The average Bonchev–Trinajstić information content (AvgIpc) is 3.11. The van der Waals surface area contributed by atoms with Crippen LogP contribution < -0.4 is 10.1 Å². The van der Waals surface area contributed by atoms with Crippen LogP contribution in [0.1, 0.15) is 26.2 Å². The highest BCUT2D eigenvalue weighted by Gasteiger charge is 2.21. The molecule has 1 heterocycles. The van der Waals surface area contributed by atoms with Crippen LogP contribution >= 0.6 is 0 Å². The second-order valence-electron chi connectivity index (χ2n) is 5.90. The largest absolute Gasteiger partial charge is 0.481 e. The molecule has 1 N–H and O–H groups in total. The Balaban J connectivity index is 1.61. The summed E-state index contributed by atoms with van der Waals surface area (Å²) in [5.41, 5.74) is 0. The first-order valence-corrected chi connectivity index (χ1v) is 8.31. The fourth-order valence-electron chi connectivity index (χ4n) is 2.86. The molecule has 23 heavy (non-hydrogen) atoms. The molecule has 1 fully saturated rings. The number of carbonyl (C=O) groups excluding carboxylic acids is 1. The first-order valence-electron chi connectivity index (χ1n) is 8.31. The highest BCUT2D eigenvalue weighted by atomic mass is 16.5. The quantitative estimate of drug-likeness (QED) is 0.890. The van der Waals surface area contributed by atoms with Crippen molar-refractivity contribution >= 4 is 16.7 Å². The predicted octanol–water partition coefficient (Wildman–Crippen LogP) is 3.29. The van der Waals surface area contributed by atoms with Gasteiger partial charge in [-0.05, 0) is 42.2 Å². The van der Waals surface area contributed by atoms with E-state index in [0.717, 1.165) is 36.0 Å². The zero-order valence-corrected chi connectivity index (χ0v) is 13.5. The van der Waals surface area contributed by atoms with Gasteiger partial charge in [-0.2, -0.15) is 0 Å². The van der Waals surface area contributed by atoms with Crippen LogP contribution in [-0.2, 0) is 9.53 Å². The molecule has 0 radical (unpaired) electrons. The van der Waals surface area contributed by atoms with E-state index in [1.807, 2.05) is 43.3 Å². The molecule has 0 aliphatic carbocycles. The Kier molecular flexibility index (Phi) is 5.13. The summed E-state index contributed by atoms with van der Waals surface area (Å²) in [5.74, 6) is 0.652. The van der Waals surface area contributed by atoms with Gasteiger partial charge in [-0.3, -0.25) is 4.79 Å². The minimum absolute atomic E-state index is 0.0730. The van der Waals surface area contributed by atoms with Gasteiger partial charge in [-0.1, -0.05) is 37.3 Å². The molecule has 0 aromatic heterocycles. The number of nitrogens with one attached hydrogen (secondary N) is 1. The van der Waals surface area contributed by atoms with Crippen molar-refractivity contribution in [3.8, 4) is 5.75 Å². The second-order valence-corrected chi connectivity index (χ2v) is 5.90. The van der Waals surface area contributed by atoms with Crippen molar-refractivity contribution in [3.63, 3.8) is 0 Å². The number of fused-ring (bicyclic) bond motifs is 1. The van der Waals surface area contributed by atoms with Crippen LogP contribution in [0.3, 0.4) is 0 Å². The highest BCUT2D eigenvalue weighted by molar-refractivity contribution is 5.84. The normalized spacial score (nSPS) is 18.7. The van der Waals surface area contributed by atoms with Crippen LogP contribution in [0.4, 0.5) is 0 Å². The Bertz CT molecular complexity index is 664. The molecule has 122 valence electrons. The third-order valence-electron chi connectivity index (χ3n) is 4.19. The van der Waals surface area contributed by atoms with Crippen LogP contribution in [0.15, 0.2) is 42.5 Å². The van der Waals surface area contributed by atoms with Gasteiger partial charge in [0.05, 0.1) is 6.10 Å². The van der Waals surface area contributed by atoms with Crippen LogP contribution in [-0.4, -0.2) is 31.3 Å². The molecular formula is C19H23NO3. The van der Waals surface area contributed by atoms with E-state index in [1.165, 1.54) is 0 Å². The minimum Gasteiger partial charge on any atom is -0.481 e. The zero-order chi connectivity index (χ0) is 16.1. The predicted molar refractivity (Wildman–Crippen MR) is 90.6 cm³/mol. The number of hydrogen-bond donors (Lipinski definition) is 1. The molecule has 2 atom stereocenters. The molecule has 2 aromatic rings. The standard InChI is InChI=1S/C19H23NO3/c1-2-18(19(21)20-13-17-8-5-11-22-17)23-16-10-9-14-6-3-4-7-15(14)12-16/h3-4,6-7,9-10,12,17-18H,2,5,8,11,13H2,1H3,(H,20,21). The van der Waals surface area contributed by atoms with E-state index in [0.29, 0.717) is 13.0 Å². The lowest BCUT2D eigenvalue weighted by molar-refractivity contribution is -0.128. The number of hydrogen-bond acceptors (Lipinski definition) is 3. The Hall–Kier alpha value is -2.07. The van der Waals surface area contributed by atoms with E-state index in [-0.39, 0.29) is 12.0 Å². The molecule has 1 amide bonds. The van der Waals surface area contributed by atoms with Crippen LogP contribution in [0, 0.1) is 0 Å². The third kappa shape index (κ3) is 4.02. The van der Waals surface area contributed by atoms with Gasteiger partial charge < -0.3 is 14.8 Å². The van der Waals surface area contributed by atoms with Gasteiger partial charge in [0.15, 0.2) is 6.10 Å². The van der Waals surface area contributed by atoms with Crippen molar-refractivity contribution in [3.05, 3.63) is 42.5 Å². The summed E-state index contributed by atoms with van der Waals surface area (Å²) >= 11 is 0. The monoisotopic (exact) mass is 313 g/mol. The molecule has 0 bridgehead atoms. The van der Waals surface area contributed by atoms with Crippen molar-refractivity contribution in [2.45, 2.75) is 38.4 Å². The molecule has 4 heteroatoms. The summed E-state index contributed by atoms with van der Waals surface area (Å²) in [6, 6.07) is 14.0. The summed E-state index contributed by atoms with van der Waals surface area (Å²) in [6.07, 6.45) is 2.40. The Morgan fingerprint density at radius 2 is 2.13 bits per heavy atom. The van der Waals surface area contributed by atoms with E-state index >= 15 is 0 Å². The first-order chi connectivity index (χ1) is 11.3. The number of ether oxygens (including phenoxy) is 2. The van der Waals surface area contributed by atoms with E-state index in [4.69, 9.17) is 9.47 Å². The maximum atomic E-state index is 12.3. The van der Waals surface area contributed by atoms with Gasteiger partial charge in [0, 0.05) is 13.2 Å². The van der Waals surface area contributed by atoms with Gasteiger partial charge in [-0.15, -0.1) is 0 Å². The smallest absolute Gasteiger partial charge is 0.261 e.